The van der Waals surface area contributed by atoms with Gasteiger partial charge >= 0.3 is 5.97 Å². The van der Waals surface area contributed by atoms with Crippen molar-refractivity contribution in [3.05, 3.63) is 0 Å². The van der Waals surface area contributed by atoms with Gasteiger partial charge in [0, 0.05) is 5.25 Å². The summed E-state index contributed by atoms with van der Waals surface area (Å²) in [6, 6.07) is 0. The number of thioether (sulfide) groups is 1. The van der Waals surface area contributed by atoms with Gasteiger partial charge in [0.25, 0.3) is 0 Å². The second-order valence-electron chi connectivity index (χ2n) is 4.97. The van der Waals surface area contributed by atoms with E-state index < -0.39 is 5.97 Å². The van der Waals surface area contributed by atoms with E-state index in [4.69, 9.17) is 0 Å². The summed E-state index contributed by atoms with van der Waals surface area (Å²) in [6.07, 6.45) is 6.69. The third kappa shape index (κ3) is 4.36. The van der Waals surface area contributed by atoms with Gasteiger partial charge in [-0.05, 0) is 24.5 Å². The van der Waals surface area contributed by atoms with Gasteiger partial charge in [0.05, 0.1) is 5.92 Å². The third-order valence-electron chi connectivity index (χ3n) is 3.56. The Balaban J connectivity index is 2.47. The summed E-state index contributed by atoms with van der Waals surface area (Å²) in [6.45, 7) is 4.45. The van der Waals surface area contributed by atoms with E-state index in [9.17, 15) is 9.90 Å². The molecule has 3 heteroatoms. The lowest BCUT2D eigenvalue weighted by atomic mass is 10.0. The zero-order chi connectivity index (χ0) is 12.0. The maximum atomic E-state index is 11.2. The molecule has 0 saturated heterocycles. The molecule has 0 heterocycles. The fourth-order valence-corrected chi connectivity index (χ4v) is 3.79. The zero-order valence-corrected chi connectivity index (χ0v) is 11.3. The van der Waals surface area contributed by atoms with Gasteiger partial charge in [0.2, 0.25) is 0 Å². The van der Waals surface area contributed by atoms with Crippen LogP contribution in [0, 0.1) is 11.8 Å². The van der Waals surface area contributed by atoms with E-state index in [1.165, 1.54) is 19.3 Å². The molecule has 0 amide bonds. The van der Waals surface area contributed by atoms with Gasteiger partial charge in [-0.3, -0.25) is 4.79 Å². The molecule has 0 aromatic heterocycles. The minimum Gasteiger partial charge on any atom is -0.481 e. The first-order chi connectivity index (χ1) is 7.65. The van der Waals surface area contributed by atoms with Crippen molar-refractivity contribution in [2.45, 2.75) is 57.6 Å². The number of hydrogen-bond acceptors (Lipinski definition) is 2. The van der Waals surface area contributed by atoms with Crippen molar-refractivity contribution in [1.82, 2.24) is 0 Å². The van der Waals surface area contributed by atoms with Crippen LogP contribution in [0.1, 0.15) is 52.4 Å². The summed E-state index contributed by atoms with van der Waals surface area (Å²) in [5, 5.41) is 9.60. The lowest BCUT2D eigenvalue weighted by molar-refractivity contribution is -0.141. The number of carboxylic acids is 1. The molecule has 0 radical (unpaired) electrons. The van der Waals surface area contributed by atoms with Gasteiger partial charge < -0.3 is 5.11 Å². The van der Waals surface area contributed by atoms with Crippen LogP contribution in [0.5, 0.6) is 0 Å². The highest BCUT2D eigenvalue weighted by atomic mass is 32.2. The molecule has 1 aliphatic rings. The van der Waals surface area contributed by atoms with E-state index in [0.717, 1.165) is 25.0 Å². The van der Waals surface area contributed by atoms with Crippen LogP contribution in [-0.4, -0.2) is 22.1 Å². The quantitative estimate of drug-likeness (QED) is 0.747. The van der Waals surface area contributed by atoms with Crippen LogP contribution in [0.3, 0.4) is 0 Å². The Morgan fingerprint density at radius 3 is 2.69 bits per heavy atom. The van der Waals surface area contributed by atoms with Gasteiger partial charge in [0.15, 0.2) is 0 Å². The second-order valence-corrected chi connectivity index (χ2v) is 6.24. The predicted molar refractivity (Wildman–Crippen MR) is 69.9 cm³/mol. The molecule has 1 fully saturated rings. The number of hydrogen-bond donors (Lipinski definition) is 1. The largest absolute Gasteiger partial charge is 0.481 e. The highest BCUT2D eigenvalue weighted by molar-refractivity contribution is 7.99. The minimum atomic E-state index is -0.580. The first-order valence-electron chi connectivity index (χ1n) is 6.49. The molecule has 0 aliphatic heterocycles. The molecule has 0 bridgehead atoms. The molecule has 1 rings (SSSR count). The molecule has 3 unspecified atom stereocenters. The molecule has 1 saturated carbocycles. The van der Waals surface area contributed by atoms with Crippen LogP contribution >= 0.6 is 11.8 Å². The van der Waals surface area contributed by atoms with Crippen LogP contribution in [0.25, 0.3) is 0 Å². The van der Waals surface area contributed by atoms with Crippen molar-refractivity contribution in [2.75, 3.05) is 5.75 Å². The number of carbonyl (C=O) groups is 1. The van der Waals surface area contributed by atoms with E-state index in [0.29, 0.717) is 11.2 Å². The maximum absolute atomic E-state index is 11.2. The Labute approximate surface area is 103 Å². The average molecular weight is 244 g/mol. The molecule has 3 atom stereocenters. The summed E-state index contributed by atoms with van der Waals surface area (Å²) in [7, 11) is 0. The normalized spacial score (nSPS) is 28.4. The number of rotatable bonds is 5. The van der Waals surface area contributed by atoms with Crippen LogP contribution in [0.15, 0.2) is 0 Å². The van der Waals surface area contributed by atoms with E-state index in [-0.39, 0.29) is 5.92 Å². The van der Waals surface area contributed by atoms with Crippen LogP contribution in [-0.2, 0) is 4.79 Å². The number of aliphatic carboxylic acids is 1. The average Bonchev–Trinajstić information content (AvgIpc) is 2.50. The Kier molecular flexibility index (Phi) is 6.25. The monoisotopic (exact) mass is 244 g/mol. The number of carboxylic acid groups (broad SMARTS) is 1. The molecule has 0 aromatic carbocycles. The van der Waals surface area contributed by atoms with Crippen molar-refractivity contribution in [2.24, 2.45) is 11.8 Å². The lowest BCUT2D eigenvalue weighted by Crippen LogP contribution is -2.25. The van der Waals surface area contributed by atoms with Crippen molar-refractivity contribution in [3.8, 4) is 0 Å². The summed E-state index contributed by atoms with van der Waals surface area (Å²) in [5.74, 6) is 1.15. The maximum Gasteiger partial charge on any atom is 0.307 e. The van der Waals surface area contributed by atoms with Crippen molar-refractivity contribution < 1.29 is 9.90 Å². The highest BCUT2D eigenvalue weighted by Crippen LogP contribution is 2.33. The van der Waals surface area contributed by atoms with Gasteiger partial charge in [-0.2, -0.15) is 11.8 Å². The highest BCUT2D eigenvalue weighted by Gasteiger charge is 2.29. The van der Waals surface area contributed by atoms with Crippen LogP contribution in [0.4, 0.5) is 0 Å². The standard InChI is InChI=1S/C13H24O2S/c1-3-10(2)9-16-12-8-6-4-5-7-11(12)13(14)15/h10-12H,3-9H2,1-2H3,(H,14,15). The smallest absolute Gasteiger partial charge is 0.307 e. The van der Waals surface area contributed by atoms with E-state index in [1.807, 2.05) is 11.8 Å². The Bertz CT molecular complexity index is 218. The van der Waals surface area contributed by atoms with Crippen molar-refractivity contribution >= 4 is 17.7 Å². The Morgan fingerprint density at radius 1 is 1.38 bits per heavy atom. The summed E-state index contributed by atoms with van der Waals surface area (Å²) >= 11 is 1.90. The topological polar surface area (TPSA) is 37.3 Å². The molecule has 94 valence electrons. The molecule has 0 aromatic rings. The van der Waals surface area contributed by atoms with Gasteiger partial charge in [-0.15, -0.1) is 0 Å². The first-order valence-corrected chi connectivity index (χ1v) is 7.54. The minimum absolute atomic E-state index is 0.100. The van der Waals surface area contributed by atoms with E-state index in [1.54, 1.807) is 0 Å². The summed E-state index contributed by atoms with van der Waals surface area (Å²) < 4.78 is 0. The van der Waals surface area contributed by atoms with Crippen molar-refractivity contribution in [1.29, 1.82) is 0 Å². The molecular weight excluding hydrogens is 220 g/mol. The summed E-state index contributed by atoms with van der Waals surface area (Å²) in [4.78, 5) is 11.2. The fourth-order valence-electron chi connectivity index (χ4n) is 2.16. The van der Waals surface area contributed by atoms with Crippen molar-refractivity contribution in [3.63, 3.8) is 0 Å². The van der Waals surface area contributed by atoms with Gasteiger partial charge in [0.1, 0.15) is 0 Å². The molecule has 2 nitrogen and oxygen atoms in total. The molecule has 16 heavy (non-hydrogen) atoms. The van der Waals surface area contributed by atoms with E-state index >= 15 is 0 Å². The fraction of sp³-hybridized carbons (Fsp3) is 0.923. The first kappa shape index (κ1) is 13.9. The van der Waals surface area contributed by atoms with Gasteiger partial charge in [-0.25, -0.2) is 0 Å². The van der Waals surface area contributed by atoms with E-state index in [2.05, 4.69) is 13.8 Å². The SMILES string of the molecule is CCC(C)CSC1CCCCCC1C(=O)O. The molecular formula is C13H24O2S. The van der Waals surface area contributed by atoms with Crippen LogP contribution in [0.2, 0.25) is 0 Å². The Morgan fingerprint density at radius 2 is 2.06 bits per heavy atom. The van der Waals surface area contributed by atoms with Crippen LogP contribution < -0.4 is 0 Å². The molecule has 1 aliphatic carbocycles. The molecule has 0 spiro atoms. The van der Waals surface area contributed by atoms with Gasteiger partial charge in [-0.1, -0.05) is 39.5 Å². The second kappa shape index (κ2) is 7.21. The molecule has 1 N–H and O–H groups in total. The Hall–Kier alpha value is -0.180. The summed E-state index contributed by atoms with van der Waals surface area (Å²) in [5.41, 5.74) is 0. The predicted octanol–water partition coefficient (Wildman–Crippen LogP) is 3.80. The third-order valence-corrected chi connectivity index (χ3v) is 5.32. The zero-order valence-electron chi connectivity index (χ0n) is 10.4. The lowest BCUT2D eigenvalue weighted by Gasteiger charge is -2.22.